The molecule has 11 heteroatoms. The minimum atomic E-state index is -4.21. The van der Waals surface area contributed by atoms with Gasteiger partial charge in [0, 0.05) is 44.4 Å². The highest BCUT2D eigenvalue weighted by molar-refractivity contribution is 14.0. The van der Waals surface area contributed by atoms with Crippen molar-refractivity contribution in [1.29, 1.82) is 0 Å². The molecule has 2 rings (SSSR count). The van der Waals surface area contributed by atoms with E-state index in [1.165, 1.54) is 18.0 Å². The molecule has 0 spiro atoms. The van der Waals surface area contributed by atoms with Crippen LogP contribution in [0.25, 0.3) is 0 Å². The van der Waals surface area contributed by atoms with Gasteiger partial charge in [-0.15, -0.1) is 24.0 Å². The summed E-state index contributed by atoms with van der Waals surface area (Å²) in [6.45, 7) is -0.104. The molecule has 0 aromatic heterocycles. The quantitative estimate of drug-likeness (QED) is 0.219. The lowest BCUT2D eigenvalue weighted by atomic mass is 10.2. The second-order valence-corrected chi connectivity index (χ2v) is 5.79. The van der Waals surface area contributed by atoms with Crippen LogP contribution in [-0.2, 0) is 6.54 Å². The van der Waals surface area contributed by atoms with Gasteiger partial charge in [-0.25, -0.2) is 0 Å². The number of nitro benzene ring substituents is 1. The normalized spacial score (nSPS) is 18.3. The van der Waals surface area contributed by atoms with E-state index in [2.05, 4.69) is 15.6 Å². The van der Waals surface area contributed by atoms with Gasteiger partial charge in [0.2, 0.25) is 0 Å². The summed E-state index contributed by atoms with van der Waals surface area (Å²) < 4.78 is 37.3. The summed E-state index contributed by atoms with van der Waals surface area (Å²) >= 11 is 0. The number of para-hydroxylation sites is 1. The van der Waals surface area contributed by atoms with Gasteiger partial charge in [0.15, 0.2) is 5.96 Å². The smallest absolute Gasteiger partial charge is 0.352 e. The summed E-state index contributed by atoms with van der Waals surface area (Å²) in [7, 11) is 1.54. The third-order valence-corrected chi connectivity index (χ3v) is 3.87. The predicted molar refractivity (Wildman–Crippen MR) is 103 cm³/mol. The number of nitrogens with one attached hydrogen (secondary N) is 2. The Morgan fingerprint density at radius 2 is 2.12 bits per heavy atom. The first-order valence-electron chi connectivity index (χ1n) is 7.77. The van der Waals surface area contributed by atoms with E-state index in [9.17, 15) is 23.3 Å². The molecule has 2 N–H and O–H groups in total. The first kappa shape index (κ1) is 22.4. The molecule has 0 amide bonds. The second kappa shape index (κ2) is 9.90. The van der Waals surface area contributed by atoms with E-state index in [0.29, 0.717) is 24.5 Å². The van der Waals surface area contributed by atoms with E-state index in [1.54, 1.807) is 18.2 Å². The van der Waals surface area contributed by atoms with Crippen molar-refractivity contribution in [3.63, 3.8) is 0 Å². The molecule has 0 saturated carbocycles. The zero-order valence-corrected chi connectivity index (χ0v) is 16.5. The maximum atomic E-state index is 12.4. The van der Waals surface area contributed by atoms with Crippen LogP contribution in [0.3, 0.4) is 0 Å². The molecule has 0 aliphatic carbocycles. The molecule has 1 fully saturated rings. The van der Waals surface area contributed by atoms with E-state index in [0.717, 1.165) is 0 Å². The van der Waals surface area contributed by atoms with Gasteiger partial charge in [0.1, 0.15) is 0 Å². The van der Waals surface area contributed by atoms with Crippen LogP contribution in [-0.4, -0.2) is 54.7 Å². The standard InChI is InChI=1S/C15H20F3N5O2.HI/c1-19-14(20-8-11-4-2-3-5-13(11)23(24)25)21-12-6-7-22(9-12)10-15(16,17)18;/h2-5,12H,6-10H2,1H3,(H2,19,20,21);1H. The number of hydrogen-bond acceptors (Lipinski definition) is 4. The fourth-order valence-corrected chi connectivity index (χ4v) is 2.75. The van der Waals surface area contributed by atoms with Gasteiger partial charge in [0.05, 0.1) is 11.5 Å². The first-order valence-corrected chi connectivity index (χ1v) is 7.77. The number of halogens is 4. The summed E-state index contributed by atoms with van der Waals surface area (Å²) in [5.41, 5.74) is 0.503. The zero-order valence-electron chi connectivity index (χ0n) is 14.1. The number of nitrogens with zero attached hydrogens (tertiary/aromatic N) is 3. The van der Waals surface area contributed by atoms with Crippen LogP contribution in [0.15, 0.2) is 29.3 Å². The van der Waals surface area contributed by atoms with Crippen molar-refractivity contribution in [3.05, 3.63) is 39.9 Å². The second-order valence-electron chi connectivity index (χ2n) is 5.79. The average molecular weight is 487 g/mol. The third kappa shape index (κ3) is 6.94. The van der Waals surface area contributed by atoms with Crippen LogP contribution in [0, 0.1) is 10.1 Å². The van der Waals surface area contributed by atoms with Crippen molar-refractivity contribution in [1.82, 2.24) is 15.5 Å². The summed E-state index contributed by atoms with van der Waals surface area (Å²) in [6.07, 6.45) is -3.64. The number of benzene rings is 1. The molecule has 0 radical (unpaired) electrons. The Labute approximate surface area is 166 Å². The number of hydrogen-bond donors (Lipinski definition) is 2. The van der Waals surface area contributed by atoms with Crippen LogP contribution in [0.5, 0.6) is 0 Å². The van der Waals surface area contributed by atoms with Gasteiger partial charge in [0.25, 0.3) is 5.69 Å². The van der Waals surface area contributed by atoms with Crippen molar-refractivity contribution in [2.45, 2.75) is 25.2 Å². The summed E-state index contributed by atoms with van der Waals surface area (Å²) in [5.74, 6) is 0.400. The molecule has 7 nitrogen and oxygen atoms in total. The maximum absolute atomic E-state index is 12.4. The first-order chi connectivity index (χ1) is 11.8. The molecule has 1 unspecified atom stereocenters. The van der Waals surface area contributed by atoms with Crippen LogP contribution in [0.1, 0.15) is 12.0 Å². The molecular weight excluding hydrogens is 466 g/mol. The summed E-state index contributed by atoms with van der Waals surface area (Å²) in [5, 5.41) is 17.0. The predicted octanol–water partition coefficient (Wildman–Crippen LogP) is 2.51. The molecule has 1 saturated heterocycles. The molecule has 1 aliphatic heterocycles. The molecule has 1 aromatic carbocycles. The number of likely N-dealkylation sites (tertiary alicyclic amines) is 1. The number of aliphatic imine (C=N–C) groups is 1. The number of nitro groups is 1. The molecule has 26 heavy (non-hydrogen) atoms. The molecule has 1 atom stereocenters. The minimum Gasteiger partial charge on any atom is -0.352 e. The Bertz CT molecular complexity index is 642. The number of alkyl halides is 3. The van der Waals surface area contributed by atoms with Crippen LogP contribution < -0.4 is 10.6 Å². The third-order valence-electron chi connectivity index (χ3n) is 3.87. The van der Waals surface area contributed by atoms with Crippen molar-refractivity contribution < 1.29 is 18.1 Å². The van der Waals surface area contributed by atoms with Crippen molar-refractivity contribution in [3.8, 4) is 0 Å². The Kier molecular flexibility index (Phi) is 8.53. The van der Waals surface area contributed by atoms with E-state index in [4.69, 9.17) is 0 Å². The highest BCUT2D eigenvalue weighted by Gasteiger charge is 2.34. The highest BCUT2D eigenvalue weighted by atomic mass is 127. The summed E-state index contributed by atoms with van der Waals surface area (Å²) in [4.78, 5) is 15.9. The van der Waals surface area contributed by atoms with Crippen molar-refractivity contribution in [2.75, 3.05) is 26.7 Å². The van der Waals surface area contributed by atoms with E-state index in [-0.39, 0.29) is 48.8 Å². The Morgan fingerprint density at radius 3 is 2.73 bits per heavy atom. The van der Waals surface area contributed by atoms with Gasteiger partial charge in [-0.05, 0) is 6.42 Å². The van der Waals surface area contributed by atoms with Crippen LogP contribution >= 0.6 is 24.0 Å². The van der Waals surface area contributed by atoms with Gasteiger partial charge in [-0.3, -0.25) is 20.0 Å². The zero-order chi connectivity index (χ0) is 18.4. The molecule has 1 heterocycles. The van der Waals surface area contributed by atoms with Crippen molar-refractivity contribution in [2.24, 2.45) is 4.99 Å². The lowest BCUT2D eigenvalue weighted by Gasteiger charge is -2.19. The molecule has 0 bridgehead atoms. The van der Waals surface area contributed by atoms with Crippen LogP contribution in [0.2, 0.25) is 0 Å². The lowest BCUT2D eigenvalue weighted by molar-refractivity contribution is -0.385. The van der Waals surface area contributed by atoms with Gasteiger partial charge >= 0.3 is 6.18 Å². The van der Waals surface area contributed by atoms with E-state index in [1.807, 2.05) is 0 Å². The molecule has 146 valence electrons. The Morgan fingerprint density at radius 1 is 1.42 bits per heavy atom. The largest absolute Gasteiger partial charge is 0.401 e. The van der Waals surface area contributed by atoms with Crippen molar-refractivity contribution >= 4 is 35.6 Å². The highest BCUT2D eigenvalue weighted by Crippen LogP contribution is 2.20. The maximum Gasteiger partial charge on any atom is 0.401 e. The summed E-state index contributed by atoms with van der Waals surface area (Å²) in [6, 6.07) is 6.19. The fourth-order valence-electron chi connectivity index (χ4n) is 2.75. The topological polar surface area (TPSA) is 82.8 Å². The number of rotatable bonds is 5. The SMILES string of the molecule is CN=C(NCc1ccccc1[N+](=O)[O-])NC1CCN(CC(F)(F)F)C1.I. The van der Waals surface area contributed by atoms with Gasteiger partial charge in [-0.2, -0.15) is 13.2 Å². The molecule has 1 aromatic rings. The Hall–Kier alpha value is -1.63. The van der Waals surface area contributed by atoms with Gasteiger partial charge < -0.3 is 10.6 Å². The van der Waals surface area contributed by atoms with E-state index >= 15 is 0 Å². The molecule has 1 aliphatic rings. The minimum absolute atomic E-state index is 0. The van der Waals surface area contributed by atoms with Crippen LogP contribution in [0.4, 0.5) is 18.9 Å². The Balaban J connectivity index is 0.00000338. The monoisotopic (exact) mass is 487 g/mol. The van der Waals surface area contributed by atoms with Gasteiger partial charge in [-0.1, -0.05) is 18.2 Å². The lowest BCUT2D eigenvalue weighted by Crippen LogP contribution is -2.45. The van der Waals surface area contributed by atoms with E-state index < -0.39 is 17.6 Å². The molecular formula is C15H21F3IN5O2. The number of guanidine groups is 1. The fraction of sp³-hybridized carbons (Fsp3) is 0.533. The average Bonchev–Trinajstić information content (AvgIpc) is 2.96.